The Morgan fingerprint density at radius 1 is 1.39 bits per heavy atom. The second kappa shape index (κ2) is 4.94. The SMILES string of the molecule is Cc1cc(NCC(C)(C)CCN)n2ncnc2c1. The first kappa shape index (κ1) is 12.8. The molecule has 0 amide bonds. The predicted octanol–water partition coefficient (Wildman–Crippen LogP) is 1.82. The summed E-state index contributed by atoms with van der Waals surface area (Å²) in [4.78, 5) is 4.21. The molecular formula is C13H21N5. The smallest absolute Gasteiger partial charge is 0.157 e. The van der Waals surface area contributed by atoms with Crippen LogP contribution in [0.3, 0.4) is 0 Å². The number of nitrogens with two attached hydrogens (primary N) is 1. The highest BCUT2D eigenvalue weighted by Gasteiger charge is 2.17. The summed E-state index contributed by atoms with van der Waals surface area (Å²) in [5, 5.41) is 7.67. The van der Waals surface area contributed by atoms with Gasteiger partial charge in [0.1, 0.15) is 12.1 Å². The molecule has 0 bridgehead atoms. The average Bonchev–Trinajstić information content (AvgIpc) is 2.73. The van der Waals surface area contributed by atoms with E-state index in [1.165, 1.54) is 5.56 Å². The lowest BCUT2D eigenvalue weighted by Gasteiger charge is -2.25. The van der Waals surface area contributed by atoms with Crippen molar-refractivity contribution < 1.29 is 0 Å². The fraction of sp³-hybridized carbons (Fsp3) is 0.538. The summed E-state index contributed by atoms with van der Waals surface area (Å²) >= 11 is 0. The highest BCUT2D eigenvalue weighted by molar-refractivity contribution is 5.51. The molecule has 0 saturated carbocycles. The van der Waals surface area contributed by atoms with Crippen molar-refractivity contribution in [1.29, 1.82) is 0 Å². The molecule has 0 fully saturated rings. The molecule has 18 heavy (non-hydrogen) atoms. The van der Waals surface area contributed by atoms with Crippen LogP contribution < -0.4 is 11.1 Å². The van der Waals surface area contributed by atoms with Crippen molar-refractivity contribution in [2.24, 2.45) is 11.1 Å². The summed E-state index contributed by atoms with van der Waals surface area (Å²) in [6.07, 6.45) is 2.57. The first-order chi connectivity index (χ1) is 8.52. The van der Waals surface area contributed by atoms with E-state index < -0.39 is 0 Å². The summed E-state index contributed by atoms with van der Waals surface area (Å²) in [7, 11) is 0. The van der Waals surface area contributed by atoms with Gasteiger partial charge in [0.2, 0.25) is 0 Å². The second-order valence-electron chi connectivity index (χ2n) is 5.50. The van der Waals surface area contributed by atoms with Crippen LogP contribution in [0.2, 0.25) is 0 Å². The molecule has 0 aliphatic carbocycles. The molecule has 0 spiro atoms. The largest absolute Gasteiger partial charge is 0.369 e. The first-order valence-electron chi connectivity index (χ1n) is 6.26. The molecule has 5 nitrogen and oxygen atoms in total. The van der Waals surface area contributed by atoms with Crippen LogP contribution in [0.25, 0.3) is 5.65 Å². The van der Waals surface area contributed by atoms with Crippen molar-refractivity contribution in [3.63, 3.8) is 0 Å². The third-order valence-electron chi connectivity index (χ3n) is 3.09. The summed E-state index contributed by atoms with van der Waals surface area (Å²) in [6.45, 7) is 8.05. The van der Waals surface area contributed by atoms with E-state index in [0.717, 1.165) is 24.4 Å². The van der Waals surface area contributed by atoms with Crippen LogP contribution in [0.1, 0.15) is 25.8 Å². The molecule has 0 aliphatic rings. The van der Waals surface area contributed by atoms with E-state index in [1.54, 1.807) is 6.33 Å². The Balaban J connectivity index is 2.19. The van der Waals surface area contributed by atoms with Gasteiger partial charge in [-0.2, -0.15) is 9.61 Å². The molecule has 0 aromatic carbocycles. The molecule has 2 aromatic rings. The summed E-state index contributed by atoms with van der Waals surface area (Å²) < 4.78 is 1.82. The third kappa shape index (κ3) is 2.79. The maximum Gasteiger partial charge on any atom is 0.157 e. The number of nitrogens with one attached hydrogen (secondary N) is 1. The van der Waals surface area contributed by atoms with E-state index in [0.29, 0.717) is 6.54 Å². The van der Waals surface area contributed by atoms with Gasteiger partial charge in [0.15, 0.2) is 5.65 Å². The molecule has 0 aliphatic heterocycles. The van der Waals surface area contributed by atoms with Crippen molar-refractivity contribution in [1.82, 2.24) is 14.6 Å². The van der Waals surface area contributed by atoms with Crippen LogP contribution in [0.15, 0.2) is 18.5 Å². The molecule has 2 aromatic heterocycles. The van der Waals surface area contributed by atoms with Crippen molar-refractivity contribution in [3.05, 3.63) is 24.0 Å². The topological polar surface area (TPSA) is 68.2 Å². The van der Waals surface area contributed by atoms with Gasteiger partial charge in [0.05, 0.1) is 0 Å². The van der Waals surface area contributed by atoms with Crippen molar-refractivity contribution in [2.75, 3.05) is 18.4 Å². The fourth-order valence-corrected chi connectivity index (χ4v) is 1.99. The van der Waals surface area contributed by atoms with Crippen LogP contribution in [0.4, 0.5) is 5.82 Å². The van der Waals surface area contributed by atoms with Crippen molar-refractivity contribution >= 4 is 11.5 Å². The van der Waals surface area contributed by atoms with E-state index in [9.17, 15) is 0 Å². The molecule has 0 saturated heterocycles. The number of hydrogen-bond acceptors (Lipinski definition) is 4. The van der Waals surface area contributed by atoms with Crippen LogP contribution in [0, 0.1) is 12.3 Å². The van der Waals surface area contributed by atoms with Crippen LogP contribution in [0.5, 0.6) is 0 Å². The molecule has 0 unspecified atom stereocenters. The van der Waals surface area contributed by atoms with E-state index >= 15 is 0 Å². The highest BCUT2D eigenvalue weighted by atomic mass is 15.3. The quantitative estimate of drug-likeness (QED) is 0.845. The predicted molar refractivity (Wildman–Crippen MR) is 73.7 cm³/mol. The summed E-state index contributed by atoms with van der Waals surface area (Å²) in [5.74, 6) is 0.979. The van der Waals surface area contributed by atoms with Crippen LogP contribution >= 0.6 is 0 Å². The zero-order chi connectivity index (χ0) is 13.2. The van der Waals surface area contributed by atoms with E-state index in [1.807, 2.05) is 10.6 Å². The zero-order valence-electron chi connectivity index (χ0n) is 11.3. The van der Waals surface area contributed by atoms with Gasteiger partial charge in [0.25, 0.3) is 0 Å². The Morgan fingerprint density at radius 3 is 2.89 bits per heavy atom. The van der Waals surface area contributed by atoms with Gasteiger partial charge < -0.3 is 11.1 Å². The lowest BCUT2D eigenvalue weighted by molar-refractivity contribution is 0.364. The second-order valence-corrected chi connectivity index (χ2v) is 5.50. The maximum absolute atomic E-state index is 5.63. The Labute approximate surface area is 107 Å². The lowest BCUT2D eigenvalue weighted by atomic mass is 9.89. The number of rotatable bonds is 5. The average molecular weight is 247 g/mol. The number of nitrogens with zero attached hydrogens (tertiary/aromatic N) is 3. The fourth-order valence-electron chi connectivity index (χ4n) is 1.99. The molecular weight excluding hydrogens is 226 g/mol. The molecule has 0 atom stereocenters. The minimum absolute atomic E-state index is 0.172. The van der Waals surface area contributed by atoms with Gasteiger partial charge in [-0.3, -0.25) is 0 Å². The Morgan fingerprint density at radius 2 is 2.17 bits per heavy atom. The van der Waals surface area contributed by atoms with Crippen molar-refractivity contribution in [2.45, 2.75) is 27.2 Å². The minimum Gasteiger partial charge on any atom is -0.369 e. The molecule has 98 valence electrons. The number of hydrogen-bond donors (Lipinski definition) is 2. The van der Waals surface area contributed by atoms with Gasteiger partial charge >= 0.3 is 0 Å². The van der Waals surface area contributed by atoms with E-state index in [2.05, 4.69) is 42.2 Å². The number of aromatic nitrogens is 3. The highest BCUT2D eigenvalue weighted by Crippen LogP contribution is 2.21. The van der Waals surface area contributed by atoms with Gasteiger partial charge in [-0.15, -0.1) is 0 Å². The molecule has 3 N–H and O–H groups in total. The number of fused-ring (bicyclic) bond motifs is 1. The Kier molecular flexibility index (Phi) is 3.52. The molecule has 2 rings (SSSR count). The normalized spacial score (nSPS) is 12.0. The molecule has 5 heteroatoms. The monoisotopic (exact) mass is 247 g/mol. The minimum atomic E-state index is 0.172. The number of aryl methyl sites for hydroxylation is 1. The van der Waals surface area contributed by atoms with Crippen LogP contribution in [-0.2, 0) is 0 Å². The van der Waals surface area contributed by atoms with E-state index in [-0.39, 0.29) is 5.41 Å². The van der Waals surface area contributed by atoms with E-state index in [4.69, 9.17) is 5.73 Å². The van der Waals surface area contributed by atoms with Gasteiger partial charge in [-0.25, -0.2) is 4.98 Å². The maximum atomic E-state index is 5.63. The Bertz CT molecular complexity index is 529. The van der Waals surface area contributed by atoms with Gasteiger partial charge in [0, 0.05) is 6.54 Å². The zero-order valence-corrected chi connectivity index (χ0v) is 11.3. The molecule has 0 radical (unpaired) electrons. The Hall–Kier alpha value is -1.62. The number of anilines is 1. The third-order valence-corrected chi connectivity index (χ3v) is 3.09. The van der Waals surface area contributed by atoms with Gasteiger partial charge in [-0.05, 0) is 43.0 Å². The van der Waals surface area contributed by atoms with Crippen LogP contribution in [-0.4, -0.2) is 27.7 Å². The summed E-state index contributed by atoms with van der Waals surface area (Å²) in [6, 6.07) is 4.10. The first-order valence-corrected chi connectivity index (χ1v) is 6.26. The van der Waals surface area contributed by atoms with Crippen molar-refractivity contribution in [3.8, 4) is 0 Å². The summed E-state index contributed by atoms with van der Waals surface area (Å²) in [5.41, 5.74) is 7.84. The molecule has 2 heterocycles. The standard InChI is InChI=1S/C13H21N5/c1-10-6-11(15-8-13(2,3)4-5-14)18-12(7-10)16-9-17-18/h6-7,9,15H,4-5,8,14H2,1-3H3. The number of pyridine rings is 1. The van der Waals surface area contributed by atoms with Gasteiger partial charge in [-0.1, -0.05) is 13.8 Å². The lowest BCUT2D eigenvalue weighted by Crippen LogP contribution is -2.26.